The van der Waals surface area contributed by atoms with Crippen LogP contribution in [-0.4, -0.2) is 26.5 Å². The number of aromatic nitrogens is 2. The minimum atomic E-state index is -0.527. The average Bonchev–Trinajstić information content (AvgIpc) is 3.13. The summed E-state index contributed by atoms with van der Waals surface area (Å²) in [5.41, 5.74) is 4.15. The second kappa shape index (κ2) is 9.37. The summed E-state index contributed by atoms with van der Waals surface area (Å²) in [5, 5.41) is 20.9. The molecule has 4 rings (SSSR count). The van der Waals surface area contributed by atoms with Gasteiger partial charge in [-0.15, -0.1) is 0 Å². The Bertz CT molecular complexity index is 1360. The zero-order valence-corrected chi connectivity index (χ0v) is 18.5. The van der Waals surface area contributed by atoms with Crippen molar-refractivity contribution in [2.75, 3.05) is 10.6 Å². The van der Waals surface area contributed by atoms with Gasteiger partial charge in [0.05, 0.1) is 27.7 Å². The molecule has 4 aromatic rings. The van der Waals surface area contributed by atoms with Gasteiger partial charge < -0.3 is 10.6 Å². The molecule has 0 atom stereocenters. The molecule has 0 aliphatic rings. The molecule has 0 saturated heterocycles. The van der Waals surface area contributed by atoms with Crippen LogP contribution in [0.4, 0.5) is 17.1 Å². The van der Waals surface area contributed by atoms with Crippen molar-refractivity contribution in [2.45, 2.75) is 13.8 Å². The first-order valence-electron chi connectivity index (χ1n) is 10.4. The van der Waals surface area contributed by atoms with Crippen molar-refractivity contribution in [1.29, 1.82) is 0 Å². The normalized spacial score (nSPS) is 10.5. The molecule has 9 heteroatoms. The van der Waals surface area contributed by atoms with E-state index in [2.05, 4.69) is 15.7 Å². The number of hydrogen-bond donors (Lipinski definition) is 2. The van der Waals surface area contributed by atoms with Gasteiger partial charge in [-0.05, 0) is 62.4 Å². The lowest BCUT2D eigenvalue weighted by Gasteiger charge is -2.09. The van der Waals surface area contributed by atoms with E-state index in [4.69, 9.17) is 0 Å². The first-order chi connectivity index (χ1) is 16.3. The molecule has 9 nitrogen and oxygen atoms in total. The summed E-state index contributed by atoms with van der Waals surface area (Å²) in [6, 6.07) is 21.4. The number of aryl methyl sites for hydroxylation is 1. The predicted molar refractivity (Wildman–Crippen MR) is 128 cm³/mol. The van der Waals surface area contributed by atoms with E-state index in [0.717, 1.165) is 11.4 Å². The van der Waals surface area contributed by atoms with E-state index in [0.29, 0.717) is 22.6 Å². The highest BCUT2D eigenvalue weighted by atomic mass is 16.6. The van der Waals surface area contributed by atoms with E-state index >= 15 is 0 Å². The SMILES string of the molecule is Cc1nn(-c2ccccc2)c(C)c1NC(=O)c1ccc(NC(=O)c2ccc([N+](=O)[O-])cc2)cc1. The molecule has 0 unspecified atom stereocenters. The van der Waals surface area contributed by atoms with Crippen molar-refractivity contribution in [3.05, 3.63) is 111 Å². The molecule has 0 radical (unpaired) electrons. The molecule has 0 spiro atoms. The van der Waals surface area contributed by atoms with Crippen molar-refractivity contribution >= 4 is 28.9 Å². The monoisotopic (exact) mass is 455 g/mol. The molecule has 0 bridgehead atoms. The van der Waals surface area contributed by atoms with E-state index in [1.807, 2.05) is 44.2 Å². The van der Waals surface area contributed by atoms with Gasteiger partial charge in [-0.3, -0.25) is 19.7 Å². The summed E-state index contributed by atoms with van der Waals surface area (Å²) < 4.78 is 1.78. The van der Waals surface area contributed by atoms with Crippen LogP contribution in [0.1, 0.15) is 32.1 Å². The first kappa shape index (κ1) is 22.4. The van der Waals surface area contributed by atoms with Gasteiger partial charge in [0.2, 0.25) is 0 Å². The number of rotatable bonds is 6. The van der Waals surface area contributed by atoms with Crippen LogP contribution in [0.5, 0.6) is 0 Å². The zero-order chi connectivity index (χ0) is 24.2. The van der Waals surface area contributed by atoms with E-state index < -0.39 is 10.8 Å². The largest absolute Gasteiger partial charge is 0.322 e. The van der Waals surface area contributed by atoms with Crippen LogP contribution in [0.2, 0.25) is 0 Å². The van der Waals surface area contributed by atoms with Crippen LogP contribution in [0.3, 0.4) is 0 Å². The van der Waals surface area contributed by atoms with Gasteiger partial charge >= 0.3 is 0 Å². The minimum Gasteiger partial charge on any atom is -0.322 e. The molecule has 2 N–H and O–H groups in total. The third-order valence-electron chi connectivity index (χ3n) is 5.28. The maximum absolute atomic E-state index is 12.8. The summed E-state index contributed by atoms with van der Waals surface area (Å²) in [7, 11) is 0. The minimum absolute atomic E-state index is 0.0910. The second-order valence-corrected chi connectivity index (χ2v) is 7.58. The first-order valence-corrected chi connectivity index (χ1v) is 10.4. The number of non-ortho nitro benzene ring substituents is 1. The standard InChI is InChI=1S/C25H21N5O4/c1-16-23(17(2)29(28-16)21-6-4-3-5-7-21)27-25(32)18-8-12-20(13-9-18)26-24(31)19-10-14-22(15-11-19)30(33)34/h3-15H,1-2H3,(H,26,31)(H,27,32). The van der Waals surface area contributed by atoms with Crippen LogP contribution < -0.4 is 10.6 Å². The Kier molecular flexibility index (Phi) is 6.18. The van der Waals surface area contributed by atoms with Gasteiger partial charge in [0.15, 0.2) is 0 Å². The van der Waals surface area contributed by atoms with Crippen LogP contribution >= 0.6 is 0 Å². The predicted octanol–water partition coefficient (Wildman–Crippen LogP) is 4.90. The maximum atomic E-state index is 12.8. The molecule has 0 saturated carbocycles. The molecule has 0 aliphatic heterocycles. The molecular weight excluding hydrogens is 434 g/mol. The van der Waals surface area contributed by atoms with Crippen LogP contribution in [0.15, 0.2) is 78.9 Å². The average molecular weight is 455 g/mol. The fraction of sp³-hybridized carbons (Fsp3) is 0.0800. The Labute approximate surface area is 195 Å². The summed E-state index contributed by atoms with van der Waals surface area (Å²) in [4.78, 5) is 35.4. The van der Waals surface area contributed by atoms with Crippen molar-refractivity contribution in [3.63, 3.8) is 0 Å². The highest BCUT2D eigenvalue weighted by molar-refractivity contribution is 6.06. The van der Waals surface area contributed by atoms with Crippen molar-refractivity contribution in [1.82, 2.24) is 9.78 Å². The fourth-order valence-corrected chi connectivity index (χ4v) is 3.47. The Morgan fingerprint density at radius 2 is 1.38 bits per heavy atom. The molecule has 1 aromatic heterocycles. The van der Waals surface area contributed by atoms with Crippen molar-refractivity contribution in [3.8, 4) is 5.69 Å². The van der Waals surface area contributed by atoms with Gasteiger partial charge in [-0.1, -0.05) is 18.2 Å². The number of anilines is 2. The molecular formula is C25H21N5O4. The van der Waals surface area contributed by atoms with Gasteiger partial charge in [-0.2, -0.15) is 5.10 Å². The van der Waals surface area contributed by atoms with E-state index in [1.165, 1.54) is 24.3 Å². The van der Waals surface area contributed by atoms with Gasteiger partial charge in [0.25, 0.3) is 17.5 Å². The van der Waals surface area contributed by atoms with Gasteiger partial charge in [-0.25, -0.2) is 4.68 Å². The topological polar surface area (TPSA) is 119 Å². The third-order valence-corrected chi connectivity index (χ3v) is 5.28. The lowest BCUT2D eigenvalue weighted by Crippen LogP contribution is -2.14. The lowest BCUT2D eigenvalue weighted by atomic mass is 10.1. The number of para-hydroxylation sites is 1. The van der Waals surface area contributed by atoms with E-state index in [1.54, 1.807) is 28.9 Å². The zero-order valence-electron chi connectivity index (χ0n) is 18.5. The number of benzene rings is 3. The van der Waals surface area contributed by atoms with Crippen molar-refractivity contribution in [2.24, 2.45) is 0 Å². The quantitative estimate of drug-likeness (QED) is 0.316. The Balaban J connectivity index is 1.44. The number of hydrogen-bond acceptors (Lipinski definition) is 5. The van der Waals surface area contributed by atoms with Gasteiger partial charge in [0.1, 0.15) is 0 Å². The molecule has 2 amide bonds. The number of carbonyl (C=O) groups excluding carboxylic acids is 2. The van der Waals surface area contributed by atoms with Crippen LogP contribution in [0.25, 0.3) is 5.69 Å². The van der Waals surface area contributed by atoms with Crippen LogP contribution in [0, 0.1) is 24.0 Å². The highest BCUT2D eigenvalue weighted by Crippen LogP contribution is 2.24. The fourth-order valence-electron chi connectivity index (χ4n) is 3.47. The second-order valence-electron chi connectivity index (χ2n) is 7.58. The van der Waals surface area contributed by atoms with Crippen molar-refractivity contribution < 1.29 is 14.5 Å². The molecule has 0 fully saturated rings. The third kappa shape index (κ3) is 4.68. The van der Waals surface area contributed by atoms with Crippen LogP contribution in [-0.2, 0) is 0 Å². The number of nitro benzene ring substituents is 1. The Hall–Kier alpha value is -4.79. The maximum Gasteiger partial charge on any atom is 0.269 e. The van der Waals surface area contributed by atoms with E-state index in [-0.39, 0.29) is 17.2 Å². The number of carbonyl (C=O) groups is 2. The smallest absolute Gasteiger partial charge is 0.269 e. The molecule has 3 aromatic carbocycles. The summed E-state index contributed by atoms with van der Waals surface area (Å²) in [6.07, 6.45) is 0. The summed E-state index contributed by atoms with van der Waals surface area (Å²) in [6.45, 7) is 3.72. The number of nitrogens with one attached hydrogen (secondary N) is 2. The summed E-state index contributed by atoms with van der Waals surface area (Å²) >= 11 is 0. The highest BCUT2D eigenvalue weighted by Gasteiger charge is 2.16. The Morgan fingerprint density at radius 1 is 0.824 bits per heavy atom. The molecule has 0 aliphatic carbocycles. The lowest BCUT2D eigenvalue weighted by molar-refractivity contribution is -0.384. The summed E-state index contributed by atoms with van der Waals surface area (Å²) in [5.74, 6) is -0.710. The number of nitrogens with zero attached hydrogens (tertiary/aromatic N) is 3. The molecule has 1 heterocycles. The number of amides is 2. The number of nitro groups is 1. The Morgan fingerprint density at radius 3 is 1.97 bits per heavy atom. The van der Waals surface area contributed by atoms with E-state index in [9.17, 15) is 19.7 Å². The van der Waals surface area contributed by atoms with Gasteiger partial charge in [0, 0.05) is 28.9 Å². The molecule has 170 valence electrons. The molecule has 34 heavy (non-hydrogen) atoms.